The van der Waals surface area contributed by atoms with E-state index in [0.29, 0.717) is 18.9 Å². The van der Waals surface area contributed by atoms with Crippen LogP contribution in [0.5, 0.6) is 5.75 Å². The molecule has 1 atom stereocenters. The molecule has 4 rings (SSSR count). The summed E-state index contributed by atoms with van der Waals surface area (Å²) in [7, 11) is 0. The molecule has 2 aromatic carbocycles. The summed E-state index contributed by atoms with van der Waals surface area (Å²) in [6.45, 7) is 3.32. The normalized spacial score (nSPS) is 16.0. The third kappa shape index (κ3) is 4.80. The second kappa shape index (κ2) is 9.45. The topological polar surface area (TPSA) is 79.6 Å². The molecule has 1 aromatic heterocycles. The number of amides is 2. The van der Waals surface area contributed by atoms with Crippen molar-refractivity contribution in [1.82, 2.24) is 20.7 Å². The highest BCUT2D eigenvalue weighted by molar-refractivity contribution is 5.75. The SMILES string of the molecule is CCCN1C(=O)NN[C@@H]1Cc1ccc(OCCc2coc(-c3ccccc3)n2)cc1. The molecule has 0 aliphatic carbocycles. The standard InChI is InChI=1S/C23H26N4O3/c1-2-13-27-21(25-26-23(27)28)15-17-8-10-20(11-9-17)29-14-12-19-16-30-22(24-19)18-6-4-3-5-7-18/h3-11,16,21,25H,2,12-15H2,1H3,(H,26,28)/t21-/m0/s1. The summed E-state index contributed by atoms with van der Waals surface area (Å²) in [6.07, 6.45) is 3.98. The maximum Gasteiger partial charge on any atom is 0.333 e. The van der Waals surface area contributed by atoms with Gasteiger partial charge in [0.05, 0.1) is 12.3 Å². The van der Waals surface area contributed by atoms with Crippen LogP contribution in [-0.2, 0) is 12.8 Å². The first-order chi connectivity index (χ1) is 14.7. The van der Waals surface area contributed by atoms with Gasteiger partial charge in [-0.15, -0.1) is 0 Å². The minimum absolute atomic E-state index is 0.0322. The molecule has 30 heavy (non-hydrogen) atoms. The molecule has 0 saturated carbocycles. The van der Waals surface area contributed by atoms with Crippen LogP contribution in [0.25, 0.3) is 11.5 Å². The lowest BCUT2D eigenvalue weighted by Gasteiger charge is -2.21. The minimum Gasteiger partial charge on any atom is -0.493 e. The van der Waals surface area contributed by atoms with Gasteiger partial charge in [-0.3, -0.25) is 5.43 Å². The van der Waals surface area contributed by atoms with Crippen LogP contribution < -0.4 is 15.6 Å². The summed E-state index contributed by atoms with van der Waals surface area (Å²) < 4.78 is 11.4. The van der Waals surface area contributed by atoms with Crippen LogP contribution in [0, 0.1) is 0 Å². The number of oxazole rings is 1. The van der Waals surface area contributed by atoms with Crippen molar-refractivity contribution in [3.63, 3.8) is 0 Å². The van der Waals surface area contributed by atoms with Crippen LogP contribution >= 0.6 is 0 Å². The molecule has 2 amide bonds. The van der Waals surface area contributed by atoms with Crippen molar-refractivity contribution in [3.8, 4) is 17.2 Å². The van der Waals surface area contributed by atoms with Gasteiger partial charge in [-0.05, 0) is 36.2 Å². The first kappa shape index (κ1) is 20.0. The van der Waals surface area contributed by atoms with Crippen LogP contribution in [0.3, 0.4) is 0 Å². The van der Waals surface area contributed by atoms with Crippen molar-refractivity contribution in [3.05, 3.63) is 72.1 Å². The number of aromatic nitrogens is 1. The summed E-state index contributed by atoms with van der Waals surface area (Å²) in [5.41, 5.74) is 8.71. The lowest BCUT2D eigenvalue weighted by atomic mass is 10.1. The Morgan fingerprint density at radius 3 is 2.70 bits per heavy atom. The highest BCUT2D eigenvalue weighted by Gasteiger charge is 2.29. The van der Waals surface area contributed by atoms with E-state index >= 15 is 0 Å². The fourth-order valence-electron chi connectivity index (χ4n) is 3.45. The molecular weight excluding hydrogens is 380 g/mol. The van der Waals surface area contributed by atoms with Gasteiger partial charge in [0.25, 0.3) is 0 Å². The number of hydrogen-bond donors (Lipinski definition) is 2. The fraction of sp³-hybridized carbons (Fsp3) is 0.304. The third-order valence-corrected chi connectivity index (χ3v) is 5.00. The van der Waals surface area contributed by atoms with Crippen molar-refractivity contribution in [1.29, 1.82) is 0 Å². The largest absolute Gasteiger partial charge is 0.493 e. The second-order valence-electron chi connectivity index (χ2n) is 7.24. The van der Waals surface area contributed by atoms with E-state index in [2.05, 4.69) is 22.8 Å². The van der Waals surface area contributed by atoms with E-state index in [0.717, 1.165) is 42.0 Å². The summed E-state index contributed by atoms with van der Waals surface area (Å²) in [5, 5.41) is 0. The van der Waals surface area contributed by atoms with Crippen molar-refractivity contribution in [2.75, 3.05) is 13.2 Å². The lowest BCUT2D eigenvalue weighted by molar-refractivity contribution is 0.201. The van der Waals surface area contributed by atoms with E-state index in [4.69, 9.17) is 9.15 Å². The Balaban J connectivity index is 1.26. The van der Waals surface area contributed by atoms with Crippen LogP contribution in [0.4, 0.5) is 4.79 Å². The van der Waals surface area contributed by atoms with Crippen LogP contribution in [0.15, 0.2) is 65.3 Å². The Morgan fingerprint density at radius 2 is 1.93 bits per heavy atom. The molecule has 0 bridgehead atoms. The van der Waals surface area contributed by atoms with Gasteiger partial charge in [-0.25, -0.2) is 15.2 Å². The number of carbonyl (C=O) groups excluding carboxylic acids is 1. The van der Waals surface area contributed by atoms with E-state index in [9.17, 15) is 4.79 Å². The van der Waals surface area contributed by atoms with Gasteiger partial charge in [0.2, 0.25) is 5.89 Å². The molecule has 0 spiro atoms. The summed E-state index contributed by atoms with van der Waals surface area (Å²) >= 11 is 0. The summed E-state index contributed by atoms with van der Waals surface area (Å²) in [4.78, 5) is 18.2. The molecule has 2 heterocycles. The van der Waals surface area contributed by atoms with Gasteiger partial charge >= 0.3 is 6.03 Å². The number of rotatable bonds is 9. The zero-order chi connectivity index (χ0) is 20.8. The number of nitrogens with one attached hydrogen (secondary N) is 2. The van der Waals surface area contributed by atoms with Gasteiger partial charge in [-0.2, -0.15) is 0 Å². The minimum atomic E-state index is -0.0647. The number of hydrazine groups is 1. The Hall–Kier alpha value is -3.32. The highest BCUT2D eigenvalue weighted by atomic mass is 16.5. The first-order valence-electron chi connectivity index (χ1n) is 10.3. The summed E-state index contributed by atoms with van der Waals surface area (Å²) in [6, 6.07) is 17.8. The molecule has 1 fully saturated rings. The molecule has 1 saturated heterocycles. The Morgan fingerprint density at radius 1 is 1.13 bits per heavy atom. The number of hydrogen-bond acceptors (Lipinski definition) is 5. The van der Waals surface area contributed by atoms with Crippen molar-refractivity contribution >= 4 is 6.03 Å². The third-order valence-electron chi connectivity index (χ3n) is 5.00. The second-order valence-corrected chi connectivity index (χ2v) is 7.24. The monoisotopic (exact) mass is 406 g/mol. The molecule has 7 heteroatoms. The van der Waals surface area contributed by atoms with E-state index in [1.54, 1.807) is 6.26 Å². The Kier molecular flexibility index (Phi) is 6.29. The smallest absolute Gasteiger partial charge is 0.333 e. The molecule has 7 nitrogen and oxygen atoms in total. The predicted molar refractivity (Wildman–Crippen MR) is 114 cm³/mol. The number of urea groups is 1. The quantitative estimate of drug-likeness (QED) is 0.565. The van der Waals surface area contributed by atoms with Crippen molar-refractivity contribution < 1.29 is 13.9 Å². The molecule has 1 aliphatic heterocycles. The molecule has 156 valence electrons. The number of benzene rings is 2. The average molecular weight is 406 g/mol. The number of nitrogens with zero attached hydrogens (tertiary/aromatic N) is 2. The van der Waals surface area contributed by atoms with Gasteiger partial charge < -0.3 is 14.1 Å². The maximum absolute atomic E-state index is 11.9. The van der Waals surface area contributed by atoms with Crippen LogP contribution in [0.2, 0.25) is 0 Å². The molecular formula is C23H26N4O3. The number of ether oxygens (including phenoxy) is 1. The molecule has 3 aromatic rings. The van der Waals surface area contributed by atoms with Gasteiger partial charge in [-0.1, -0.05) is 37.3 Å². The lowest BCUT2D eigenvalue weighted by Crippen LogP contribution is -2.39. The molecule has 2 N–H and O–H groups in total. The fourth-order valence-corrected chi connectivity index (χ4v) is 3.45. The Labute approximate surface area is 176 Å². The zero-order valence-electron chi connectivity index (χ0n) is 17.0. The maximum atomic E-state index is 11.9. The van der Waals surface area contributed by atoms with E-state index in [1.165, 1.54) is 0 Å². The molecule has 0 unspecified atom stereocenters. The van der Waals surface area contributed by atoms with Crippen LogP contribution in [-0.4, -0.2) is 35.2 Å². The Bertz CT molecular complexity index is 956. The van der Waals surface area contributed by atoms with Crippen molar-refractivity contribution in [2.24, 2.45) is 0 Å². The first-order valence-corrected chi connectivity index (χ1v) is 10.3. The van der Waals surface area contributed by atoms with E-state index < -0.39 is 0 Å². The molecule has 0 radical (unpaired) electrons. The number of carbonyl (C=O) groups is 1. The predicted octanol–water partition coefficient (Wildman–Crippen LogP) is 3.77. The van der Waals surface area contributed by atoms with Crippen molar-refractivity contribution in [2.45, 2.75) is 32.4 Å². The molecule has 1 aliphatic rings. The van der Waals surface area contributed by atoms with Gasteiger partial charge in [0.1, 0.15) is 18.2 Å². The van der Waals surface area contributed by atoms with E-state index in [-0.39, 0.29) is 12.2 Å². The average Bonchev–Trinajstić information content (AvgIpc) is 3.38. The zero-order valence-corrected chi connectivity index (χ0v) is 17.0. The van der Waals surface area contributed by atoms with E-state index in [1.807, 2.05) is 59.5 Å². The van der Waals surface area contributed by atoms with Gasteiger partial charge in [0.15, 0.2) is 0 Å². The summed E-state index contributed by atoms with van der Waals surface area (Å²) in [5.74, 6) is 1.44. The van der Waals surface area contributed by atoms with Crippen LogP contribution in [0.1, 0.15) is 24.6 Å². The highest BCUT2D eigenvalue weighted by Crippen LogP contribution is 2.19. The van der Waals surface area contributed by atoms with Gasteiger partial charge in [0, 0.05) is 24.9 Å².